The van der Waals surface area contributed by atoms with E-state index in [1.54, 1.807) is 41.0 Å². The molecular weight excluding hydrogens is 428 g/mol. The number of hydrogen-bond donors (Lipinski definition) is 1. The molecule has 1 atom stereocenters. The third-order valence-electron chi connectivity index (χ3n) is 6.44. The van der Waals surface area contributed by atoms with Crippen LogP contribution in [0.25, 0.3) is 11.5 Å². The molecule has 2 aromatic carbocycles. The molecule has 3 heterocycles. The normalized spacial score (nSPS) is 17.5. The van der Waals surface area contributed by atoms with Gasteiger partial charge in [0, 0.05) is 19.2 Å². The molecule has 1 aliphatic heterocycles. The standard InChI is InChI=1S/C27H26N4O3/c1-19-9-6-7-12-21(19)16-28-26(33)27(2)18-31-23(15-22(29-31)24-13-8-14-34-24)25(32)30(27)17-20-10-4-3-5-11-20/h3-15H,16-18H2,1-2H3,(H,28,33). The van der Waals surface area contributed by atoms with Gasteiger partial charge >= 0.3 is 0 Å². The quantitative estimate of drug-likeness (QED) is 0.474. The molecule has 5 rings (SSSR count). The van der Waals surface area contributed by atoms with Crippen molar-refractivity contribution in [3.63, 3.8) is 0 Å². The van der Waals surface area contributed by atoms with Crippen LogP contribution in [-0.2, 0) is 24.4 Å². The predicted octanol–water partition coefficient (Wildman–Crippen LogP) is 4.18. The molecule has 2 aromatic heterocycles. The Kier molecular flexibility index (Phi) is 5.53. The van der Waals surface area contributed by atoms with E-state index in [1.807, 2.05) is 61.5 Å². The van der Waals surface area contributed by atoms with Gasteiger partial charge in [-0.15, -0.1) is 0 Å². The Morgan fingerprint density at radius 2 is 1.85 bits per heavy atom. The van der Waals surface area contributed by atoms with Crippen LogP contribution >= 0.6 is 0 Å². The van der Waals surface area contributed by atoms with Crippen LogP contribution < -0.4 is 5.32 Å². The van der Waals surface area contributed by atoms with Crippen LogP contribution in [0.15, 0.2) is 83.5 Å². The van der Waals surface area contributed by atoms with E-state index < -0.39 is 5.54 Å². The minimum atomic E-state index is -1.13. The molecule has 1 unspecified atom stereocenters. The first-order chi connectivity index (χ1) is 16.5. The van der Waals surface area contributed by atoms with Gasteiger partial charge in [-0.2, -0.15) is 5.10 Å². The third kappa shape index (κ3) is 3.90. The van der Waals surface area contributed by atoms with Crippen LogP contribution in [0.5, 0.6) is 0 Å². The molecule has 34 heavy (non-hydrogen) atoms. The Labute approximate surface area is 198 Å². The fourth-order valence-electron chi connectivity index (χ4n) is 4.37. The summed E-state index contributed by atoms with van der Waals surface area (Å²) in [6, 6.07) is 22.9. The molecule has 2 amide bonds. The lowest BCUT2D eigenvalue weighted by Gasteiger charge is -2.43. The highest BCUT2D eigenvalue weighted by molar-refractivity contribution is 6.00. The van der Waals surface area contributed by atoms with Gasteiger partial charge in [0.1, 0.15) is 16.9 Å². The van der Waals surface area contributed by atoms with Gasteiger partial charge in [-0.1, -0.05) is 54.6 Å². The number of carbonyl (C=O) groups is 2. The van der Waals surface area contributed by atoms with Crippen LogP contribution in [0, 0.1) is 6.92 Å². The summed E-state index contributed by atoms with van der Waals surface area (Å²) < 4.78 is 7.09. The first kappa shape index (κ1) is 21.7. The number of carbonyl (C=O) groups excluding carboxylic acids is 2. The Balaban J connectivity index is 1.49. The van der Waals surface area contributed by atoms with Crippen molar-refractivity contribution in [1.29, 1.82) is 0 Å². The minimum absolute atomic E-state index is 0.222. The number of amides is 2. The highest BCUT2D eigenvalue weighted by Gasteiger charge is 2.48. The second-order valence-electron chi connectivity index (χ2n) is 8.81. The Morgan fingerprint density at radius 1 is 1.09 bits per heavy atom. The van der Waals surface area contributed by atoms with E-state index in [4.69, 9.17) is 4.42 Å². The second-order valence-corrected chi connectivity index (χ2v) is 8.81. The van der Waals surface area contributed by atoms with Gasteiger partial charge in [-0.25, -0.2) is 0 Å². The van der Waals surface area contributed by atoms with Crippen molar-refractivity contribution in [3.8, 4) is 11.5 Å². The molecule has 1 N–H and O–H groups in total. The number of rotatable bonds is 6. The van der Waals surface area contributed by atoms with Crippen LogP contribution in [0.2, 0.25) is 0 Å². The van der Waals surface area contributed by atoms with Crippen molar-refractivity contribution in [2.75, 3.05) is 0 Å². The molecule has 172 valence electrons. The fraction of sp³-hybridized carbons (Fsp3) is 0.222. The van der Waals surface area contributed by atoms with Gasteiger partial charge in [-0.3, -0.25) is 14.3 Å². The summed E-state index contributed by atoms with van der Waals surface area (Å²) in [5.74, 6) is 0.115. The van der Waals surface area contributed by atoms with Gasteiger partial charge in [-0.05, 0) is 42.7 Å². The molecule has 0 fully saturated rings. The summed E-state index contributed by atoms with van der Waals surface area (Å²) in [6.45, 7) is 4.76. The summed E-state index contributed by atoms with van der Waals surface area (Å²) in [4.78, 5) is 29.0. The van der Waals surface area contributed by atoms with E-state index in [1.165, 1.54) is 0 Å². The molecule has 0 bridgehead atoms. The van der Waals surface area contributed by atoms with Crippen molar-refractivity contribution in [2.24, 2.45) is 0 Å². The molecule has 0 saturated heterocycles. The Hall–Kier alpha value is -4.13. The molecule has 7 heteroatoms. The highest BCUT2D eigenvalue weighted by atomic mass is 16.3. The lowest BCUT2D eigenvalue weighted by molar-refractivity contribution is -0.133. The number of fused-ring (bicyclic) bond motifs is 1. The first-order valence-corrected chi connectivity index (χ1v) is 11.3. The van der Waals surface area contributed by atoms with Gasteiger partial charge < -0.3 is 14.6 Å². The number of hydrogen-bond acceptors (Lipinski definition) is 4. The Bertz CT molecular complexity index is 1330. The maximum atomic E-state index is 13.7. The zero-order valence-electron chi connectivity index (χ0n) is 19.2. The van der Waals surface area contributed by atoms with Crippen LogP contribution in [-0.4, -0.2) is 32.0 Å². The second kappa shape index (κ2) is 8.67. The number of aryl methyl sites for hydroxylation is 1. The van der Waals surface area contributed by atoms with E-state index in [-0.39, 0.29) is 18.4 Å². The molecule has 0 spiro atoms. The van der Waals surface area contributed by atoms with Crippen LogP contribution in [0.3, 0.4) is 0 Å². The molecule has 4 aromatic rings. The zero-order chi connectivity index (χ0) is 23.7. The number of aromatic nitrogens is 2. The third-order valence-corrected chi connectivity index (χ3v) is 6.44. The SMILES string of the molecule is Cc1ccccc1CNC(=O)C1(C)Cn2nc(-c3ccco3)cc2C(=O)N1Cc1ccccc1. The monoisotopic (exact) mass is 454 g/mol. The number of furan rings is 1. The number of nitrogens with zero attached hydrogens (tertiary/aromatic N) is 3. The summed E-state index contributed by atoms with van der Waals surface area (Å²) in [5, 5.41) is 7.65. The average molecular weight is 455 g/mol. The van der Waals surface area contributed by atoms with Crippen molar-refractivity contribution in [3.05, 3.63) is 101 Å². The summed E-state index contributed by atoms with van der Waals surface area (Å²) >= 11 is 0. The van der Waals surface area contributed by atoms with E-state index >= 15 is 0 Å². The van der Waals surface area contributed by atoms with E-state index in [9.17, 15) is 9.59 Å². The molecule has 7 nitrogen and oxygen atoms in total. The van der Waals surface area contributed by atoms with E-state index in [2.05, 4.69) is 10.4 Å². The van der Waals surface area contributed by atoms with Crippen molar-refractivity contribution >= 4 is 11.8 Å². The highest BCUT2D eigenvalue weighted by Crippen LogP contribution is 2.31. The van der Waals surface area contributed by atoms with Crippen molar-refractivity contribution in [2.45, 2.75) is 39.0 Å². The molecule has 0 radical (unpaired) electrons. The van der Waals surface area contributed by atoms with E-state index in [0.29, 0.717) is 30.2 Å². The number of nitrogens with one attached hydrogen (secondary N) is 1. The predicted molar refractivity (Wildman–Crippen MR) is 128 cm³/mol. The lowest BCUT2D eigenvalue weighted by atomic mass is 9.94. The minimum Gasteiger partial charge on any atom is -0.463 e. The number of benzene rings is 2. The Morgan fingerprint density at radius 3 is 2.59 bits per heavy atom. The van der Waals surface area contributed by atoms with Gasteiger partial charge in [0.05, 0.1) is 12.8 Å². The van der Waals surface area contributed by atoms with Gasteiger partial charge in [0.15, 0.2) is 5.76 Å². The zero-order valence-corrected chi connectivity index (χ0v) is 19.2. The lowest BCUT2D eigenvalue weighted by Crippen LogP contribution is -2.63. The van der Waals surface area contributed by atoms with Gasteiger partial charge in [0.2, 0.25) is 5.91 Å². The molecule has 0 saturated carbocycles. The van der Waals surface area contributed by atoms with Crippen molar-refractivity contribution < 1.29 is 14.0 Å². The maximum Gasteiger partial charge on any atom is 0.273 e. The average Bonchev–Trinajstić information content (AvgIpc) is 3.52. The fourth-order valence-corrected chi connectivity index (χ4v) is 4.37. The van der Waals surface area contributed by atoms with E-state index in [0.717, 1.165) is 16.7 Å². The van der Waals surface area contributed by atoms with Gasteiger partial charge in [0.25, 0.3) is 5.91 Å². The summed E-state index contributed by atoms with van der Waals surface area (Å²) in [6.07, 6.45) is 1.57. The smallest absolute Gasteiger partial charge is 0.273 e. The molecule has 1 aliphatic rings. The largest absolute Gasteiger partial charge is 0.463 e. The summed E-state index contributed by atoms with van der Waals surface area (Å²) in [5.41, 5.74) is 2.97. The molecule has 0 aliphatic carbocycles. The van der Waals surface area contributed by atoms with Crippen LogP contribution in [0.1, 0.15) is 34.1 Å². The maximum absolute atomic E-state index is 13.7. The van der Waals surface area contributed by atoms with Crippen molar-refractivity contribution in [1.82, 2.24) is 20.0 Å². The topological polar surface area (TPSA) is 80.4 Å². The molecular formula is C27H26N4O3. The van der Waals surface area contributed by atoms with Crippen LogP contribution in [0.4, 0.5) is 0 Å². The first-order valence-electron chi connectivity index (χ1n) is 11.3. The summed E-state index contributed by atoms with van der Waals surface area (Å²) in [7, 11) is 0.